The summed E-state index contributed by atoms with van der Waals surface area (Å²) in [7, 11) is 0. The zero-order valence-corrected chi connectivity index (χ0v) is 20.0. The quantitative estimate of drug-likeness (QED) is 0.557. The molecule has 2 heterocycles. The predicted octanol–water partition coefficient (Wildman–Crippen LogP) is 5.87. The fourth-order valence-corrected chi connectivity index (χ4v) is 6.64. The van der Waals surface area contributed by atoms with Crippen LogP contribution in [0.15, 0.2) is 30.5 Å². The minimum Gasteiger partial charge on any atom is -0.493 e. The van der Waals surface area contributed by atoms with Crippen molar-refractivity contribution in [2.24, 2.45) is 23.2 Å². The zero-order valence-electron chi connectivity index (χ0n) is 20.0. The molecule has 4 fully saturated rings. The second kappa shape index (κ2) is 11.0. The van der Waals surface area contributed by atoms with Gasteiger partial charge in [0, 0.05) is 18.2 Å². The van der Waals surface area contributed by atoms with E-state index in [9.17, 15) is 4.79 Å². The lowest BCUT2D eigenvalue weighted by Crippen LogP contribution is -2.54. The first-order valence-corrected chi connectivity index (χ1v) is 12.7. The Labute approximate surface area is 197 Å². The molecule has 5 atom stereocenters. The van der Waals surface area contributed by atoms with Crippen molar-refractivity contribution >= 4 is 5.97 Å². The first-order chi connectivity index (χ1) is 16.0. The van der Waals surface area contributed by atoms with Gasteiger partial charge in [-0.1, -0.05) is 51.2 Å². The molecule has 33 heavy (non-hydrogen) atoms. The van der Waals surface area contributed by atoms with Crippen LogP contribution in [0.4, 0.5) is 0 Å². The summed E-state index contributed by atoms with van der Waals surface area (Å²) in [6, 6.07) is 3.18. The highest BCUT2D eigenvalue weighted by Gasteiger charge is 2.53. The highest BCUT2D eigenvalue weighted by atomic mass is 16.7. The second-order valence-corrected chi connectivity index (χ2v) is 10.3. The number of allylic oxidation sites excluding steroid dienone is 1. The van der Waals surface area contributed by atoms with Gasteiger partial charge in [-0.05, 0) is 55.4 Å². The average Bonchev–Trinajstić information content (AvgIpc) is 3.41. The summed E-state index contributed by atoms with van der Waals surface area (Å²) in [6.45, 7) is 8.57. The van der Waals surface area contributed by atoms with E-state index in [1.807, 2.05) is 0 Å². The molecule has 6 nitrogen and oxygen atoms in total. The number of hydrogen-bond donors (Lipinski definition) is 1. The van der Waals surface area contributed by atoms with Gasteiger partial charge in [-0.3, -0.25) is 0 Å². The zero-order chi connectivity index (χ0) is 23.3. The van der Waals surface area contributed by atoms with Crippen LogP contribution in [0, 0.1) is 23.2 Å². The number of hydrogen-bond acceptors (Lipinski definition) is 5. The standard InChI is InChI=1S/C22H29NO5.C5H10/c1-14-3-4-18-16-12-26-13-28-20(16)5-8-22(18,2)17(14)7-10-27-15-6-9-23-19(11-15)21(24)25;1-2-4-5-3-1/h6,9,11,16-18,20H,1,3-5,7-8,10,12-13H2,2H3,(H,24,25);1-5H2. The van der Waals surface area contributed by atoms with Gasteiger partial charge in [-0.2, -0.15) is 0 Å². The van der Waals surface area contributed by atoms with Crippen LogP contribution in [-0.2, 0) is 9.47 Å². The Hall–Kier alpha value is -1.92. The molecule has 1 N–H and O–H groups in total. The Morgan fingerprint density at radius 2 is 2.03 bits per heavy atom. The molecule has 0 spiro atoms. The van der Waals surface area contributed by atoms with Crippen molar-refractivity contribution in [1.82, 2.24) is 4.98 Å². The van der Waals surface area contributed by atoms with E-state index in [0.717, 1.165) is 38.7 Å². The average molecular weight is 458 g/mol. The minimum absolute atomic E-state index is 0.00206. The number of carboxylic acid groups (broad SMARTS) is 1. The number of aromatic carboxylic acids is 1. The summed E-state index contributed by atoms with van der Waals surface area (Å²) in [6.07, 6.45) is 14.6. The third-order valence-corrected chi connectivity index (χ3v) is 8.43. The van der Waals surface area contributed by atoms with Crippen LogP contribution in [0.1, 0.15) is 81.6 Å². The molecule has 3 aliphatic carbocycles. The molecule has 0 bridgehead atoms. The second-order valence-electron chi connectivity index (χ2n) is 10.3. The first kappa shape index (κ1) is 24.2. The lowest BCUT2D eigenvalue weighted by atomic mass is 9.50. The van der Waals surface area contributed by atoms with Crippen LogP contribution in [0.2, 0.25) is 0 Å². The van der Waals surface area contributed by atoms with Crippen molar-refractivity contribution < 1.29 is 24.1 Å². The molecule has 1 aliphatic heterocycles. The Morgan fingerprint density at radius 3 is 2.76 bits per heavy atom. The van der Waals surface area contributed by atoms with E-state index in [1.165, 1.54) is 49.9 Å². The van der Waals surface area contributed by atoms with Crippen molar-refractivity contribution in [3.63, 3.8) is 0 Å². The lowest BCUT2D eigenvalue weighted by molar-refractivity contribution is -0.218. The molecule has 5 unspecified atom stereocenters. The number of carbonyl (C=O) groups is 1. The van der Waals surface area contributed by atoms with Crippen LogP contribution >= 0.6 is 0 Å². The van der Waals surface area contributed by atoms with E-state index < -0.39 is 5.97 Å². The van der Waals surface area contributed by atoms with Gasteiger partial charge in [0.2, 0.25) is 0 Å². The first-order valence-electron chi connectivity index (χ1n) is 12.7. The number of ether oxygens (including phenoxy) is 3. The molecule has 182 valence electrons. The van der Waals surface area contributed by atoms with Crippen LogP contribution in [-0.4, -0.2) is 42.2 Å². The summed E-state index contributed by atoms with van der Waals surface area (Å²) >= 11 is 0. The minimum atomic E-state index is -1.05. The molecule has 3 saturated carbocycles. The Bertz CT molecular complexity index is 815. The molecule has 1 aromatic heterocycles. The summed E-state index contributed by atoms with van der Waals surface area (Å²) < 4.78 is 17.4. The smallest absolute Gasteiger partial charge is 0.354 e. The van der Waals surface area contributed by atoms with Crippen molar-refractivity contribution in [3.05, 3.63) is 36.2 Å². The van der Waals surface area contributed by atoms with E-state index in [-0.39, 0.29) is 11.1 Å². The van der Waals surface area contributed by atoms with Gasteiger partial charge in [-0.25, -0.2) is 9.78 Å². The monoisotopic (exact) mass is 457 g/mol. The normalized spacial score (nSPS) is 33.3. The lowest BCUT2D eigenvalue weighted by Gasteiger charge is -2.57. The van der Waals surface area contributed by atoms with Gasteiger partial charge in [0.25, 0.3) is 0 Å². The maximum absolute atomic E-state index is 11.1. The summed E-state index contributed by atoms with van der Waals surface area (Å²) in [5, 5.41) is 9.08. The molecule has 4 aliphatic rings. The van der Waals surface area contributed by atoms with E-state index in [1.54, 1.807) is 6.07 Å². The molecular weight excluding hydrogens is 418 g/mol. The van der Waals surface area contributed by atoms with Gasteiger partial charge in [0.1, 0.15) is 12.5 Å². The highest BCUT2D eigenvalue weighted by Crippen LogP contribution is 2.58. The van der Waals surface area contributed by atoms with Gasteiger partial charge in [-0.15, -0.1) is 0 Å². The number of carboxylic acids is 1. The van der Waals surface area contributed by atoms with Crippen LogP contribution < -0.4 is 4.74 Å². The molecule has 1 aromatic rings. The molecule has 6 heteroatoms. The topological polar surface area (TPSA) is 77.9 Å². The number of rotatable bonds is 5. The molecule has 5 rings (SSSR count). The number of nitrogens with zero attached hydrogens (tertiary/aromatic N) is 1. The van der Waals surface area contributed by atoms with E-state index in [4.69, 9.17) is 19.3 Å². The van der Waals surface area contributed by atoms with Crippen LogP contribution in [0.5, 0.6) is 5.75 Å². The molecule has 1 saturated heterocycles. The third kappa shape index (κ3) is 5.60. The summed E-state index contributed by atoms with van der Waals surface area (Å²) in [4.78, 5) is 14.9. The van der Waals surface area contributed by atoms with Gasteiger partial charge in [0.15, 0.2) is 5.69 Å². The largest absolute Gasteiger partial charge is 0.493 e. The molecular formula is C27H39NO5. The Morgan fingerprint density at radius 1 is 1.27 bits per heavy atom. The van der Waals surface area contributed by atoms with Crippen molar-refractivity contribution in [1.29, 1.82) is 0 Å². The Balaban J connectivity index is 0.000000459. The number of aromatic nitrogens is 1. The van der Waals surface area contributed by atoms with E-state index in [2.05, 4.69) is 18.5 Å². The van der Waals surface area contributed by atoms with Crippen molar-refractivity contribution in [3.8, 4) is 5.75 Å². The predicted molar refractivity (Wildman–Crippen MR) is 126 cm³/mol. The SMILES string of the molecule is C1CCCC1.C=C1CCC2C3COCOC3CCC2(C)C1CCOc1ccnc(C(=O)O)c1. The molecule has 0 amide bonds. The van der Waals surface area contributed by atoms with Crippen molar-refractivity contribution in [2.45, 2.75) is 77.2 Å². The van der Waals surface area contributed by atoms with Gasteiger partial charge < -0.3 is 19.3 Å². The molecule has 0 radical (unpaired) electrons. The third-order valence-electron chi connectivity index (χ3n) is 8.43. The van der Waals surface area contributed by atoms with E-state index in [0.29, 0.717) is 43.0 Å². The maximum Gasteiger partial charge on any atom is 0.354 e. The van der Waals surface area contributed by atoms with Crippen LogP contribution in [0.3, 0.4) is 0 Å². The molecule has 0 aromatic carbocycles. The summed E-state index contributed by atoms with van der Waals surface area (Å²) in [5.74, 6) is 0.960. The maximum atomic E-state index is 11.1. The Kier molecular flexibility index (Phi) is 8.07. The number of fused-ring (bicyclic) bond motifs is 3. The highest BCUT2D eigenvalue weighted by molar-refractivity contribution is 5.85. The van der Waals surface area contributed by atoms with Crippen molar-refractivity contribution in [2.75, 3.05) is 20.0 Å². The fraction of sp³-hybridized carbons (Fsp3) is 0.704. The summed E-state index contributed by atoms with van der Waals surface area (Å²) in [5.41, 5.74) is 1.51. The van der Waals surface area contributed by atoms with Gasteiger partial charge >= 0.3 is 5.97 Å². The number of pyridine rings is 1. The van der Waals surface area contributed by atoms with Gasteiger partial charge in [0.05, 0.1) is 19.3 Å². The van der Waals surface area contributed by atoms with E-state index >= 15 is 0 Å². The fourth-order valence-electron chi connectivity index (χ4n) is 6.64. The van der Waals surface area contributed by atoms with Crippen LogP contribution in [0.25, 0.3) is 0 Å².